The van der Waals surface area contributed by atoms with E-state index in [2.05, 4.69) is 10.1 Å². The summed E-state index contributed by atoms with van der Waals surface area (Å²) < 4.78 is 55.3. The SMILES string of the molecule is Cc1ccc(N2CCCN(Cc3cccc(OC(F)(F)F)c3)C2=O)c(NC(=O)c2cccc(F)c2)c1. The molecule has 1 fully saturated rings. The van der Waals surface area contributed by atoms with Gasteiger partial charge in [-0.1, -0.05) is 24.3 Å². The molecule has 0 aromatic heterocycles. The highest BCUT2D eigenvalue weighted by Crippen LogP contribution is 2.31. The van der Waals surface area contributed by atoms with Crippen LogP contribution in [0.5, 0.6) is 5.75 Å². The summed E-state index contributed by atoms with van der Waals surface area (Å²) in [6.45, 7) is 2.72. The molecule has 1 saturated heterocycles. The Morgan fingerprint density at radius 3 is 2.56 bits per heavy atom. The predicted molar refractivity (Wildman–Crippen MR) is 126 cm³/mol. The number of carbonyl (C=O) groups excluding carboxylic acids is 2. The van der Waals surface area contributed by atoms with Crippen LogP contribution in [0.1, 0.15) is 27.9 Å². The van der Waals surface area contributed by atoms with E-state index in [0.29, 0.717) is 36.4 Å². The van der Waals surface area contributed by atoms with Gasteiger partial charge in [-0.05, 0) is 66.9 Å². The maximum absolute atomic E-state index is 13.6. The maximum atomic E-state index is 13.6. The number of carbonyl (C=O) groups is 2. The van der Waals surface area contributed by atoms with Gasteiger partial charge in [0.25, 0.3) is 5.91 Å². The summed E-state index contributed by atoms with van der Waals surface area (Å²) in [5, 5.41) is 2.77. The molecule has 0 atom stereocenters. The highest BCUT2D eigenvalue weighted by Gasteiger charge is 2.32. The Balaban J connectivity index is 1.54. The third kappa shape index (κ3) is 6.12. The molecule has 1 aliphatic rings. The molecule has 10 heteroatoms. The maximum Gasteiger partial charge on any atom is 0.573 e. The number of alkyl halides is 3. The van der Waals surface area contributed by atoms with Gasteiger partial charge in [0.15, 0.2) is 0 Å². The molecule has 0 saturated carbocycles. The van der Waals surface area contributed by atoms with Crippen molar-refractivity contribution in [1.29, 1.82) is 0 Å². The minimum Gasteiger partial charge on any atom is -0.406 e. The molecule has 1 N–H and O–H groups in total. The van der Waals surface area contributed by atoms with Crippen molar-refractivity contribution in [3.63, 3.8) is 0 Å². The summed E-state index contributed by atoms with van der Waals surface area (Å²) >= 11 is 0. The van der Waals surface area contributed by atoms with E-state index in [0.717, 1.165) is 11.6 Å². The highest BCUT2D eigenvalue weighted by atomic mass is 19.4. The van der Waals surface area contributed by atoms with Gasteiger partial charge in [0.05, 0.1) is 11.4 Å². The number of urea groups is 1. The lowest BCUT2D eigenvalue weighted by Crippen LogP contribution is -2.49. The molecule has 0 unspecified atom stereocenters. The van der Waals surface area contributed by atoms with E-state index >= 15 is 0 Å². The Morgan fingerprint density at radius 2 is 1.81 bits per heavy atom. The first-order valence-corrected chi connectivity index (χ1v) is 11.2. The van der Waals surface area contributed by atoms with E-state index in [1.165, 1.54) is 46.2 Å². The lowest BCUT2D eigenvalue weighted by atomic mass is 10.1. The third-order valence-corrected chi connectivity index (χ3v) is 5.59. The van der Waals surface area contributed by atoms with E-state index in [1.807, 2.05) is 6.92 Å². The van der Waals surface area contributed by atoms with Crippen LogP contribution < -0.4 is 15.0 Å². The molecular formula is C26H23F4N3O3. The number of amides is 3. The Hall–Kier alpha value is -4.08. The first-order valence-electron chi connectivity index (χ1n) is 11.2. The molecule has 36 heavy (non-hydrogen) atoms. The van der Waals surface area contributed by atoms with Gasteiger partial charge in [-0.15, -0.1) is 13.2 Å². The summed E-state index contributed by atoms with van der Waals surface area (Å²) in [6.07, 6.45) is -4.20. The number of hydrogen-bond acceptors (Lipinski definition) is 3. The number of aryl methyl sites for hydroxylation is 1. The standard InChI is InChI=1S/C26H23F4N3O3/c1-17-9-10-23(22(13-17)31-24(34)19-6-3-7-20(27)15-19)33-12-4-11-32(25(33)35)16-18-5-2-8-21(14-18)36-26(28,29)30/h2-3,5-10,13-15H,4,11-12,16H2,1H3,(H,31,34). The molecule has 3 aromatic rings. The fourth-order valence-electron chi connectivity index (χ4n) is 4.02. The molecule has 6 nitrogen and oxygen atoms in total. The van der Waals surface area contributed by atoms with Crippen molar-refractivity contribution >= 4 is 23.3 Å². The third-order valence-electron chi connectivity index (χ3n) is 5.59. The zero-order valence-corrected chi connectivity index (χ0v) is 19.3. The highest BCUT2D eigenvalue weighted by molar-refractivity contribution is 6.07. The van der Waals surface area contributed by atoms with Gasteiger partial charge in [-0.25, -0.2) is 9.18 Å². The molecule has 188 valence electrons. The van der Waals surface area contributed by atoms with Crippen LogP contribution in [0.3, 0.4) is 0 Å². The van der Waals surface area contributed by atoms with Crippen LogP contribution in [-0.2, 0) is 6.54 Å². The van der Waals surface area contributed by atoms with Crippen LogP contribution in [-0.4, -0.2) is 36.3 Å². The average Bonchev–Trinajstić information content (AvgIpc) is 2.80. The number of anilines is 2. The van der Waals surface area contributed by atoms with E-state index < -0.39 is 18.1 Å². The van der Waals surface area contributed by atoms with E-state index in [9.17, 15) is 27.2 Å². The Bertz CT molecular complexity index is 1280. The number of halogens is 4. The van der Waals surface area contributed by atoms with Crippen molar-refractivity contribution in [2.75, 3.05) is 23.3 Å². The Morgan fingerprint density at radius 1 is 1.03 bits per heavy atom. The summed E-state index contributed by atoms with van der Waals surface area (Å²) in [4.78, 5) is 29.1. The second kappa shape index (κ2) is 10.3. The zero-order chi connectivity index (χ0) is 25.9. The van der Waals surface area contributed by atoms with Crippen molar-refractivity contribution in [3.8, 4) is 5.75 Å². The average molecular weight is 501 g/mol. The van der Waals surface area contributed by atoms with Crippen molar-refractivity contribution in [1.82, 2.24) is 4.90 Å². The first kappa shape index (κ1) is 25.0. The molecule has 1 aliphatic heterocycles. The van der Waals surface area contributed by atoms with E-state index in [1.54, 1.807) is 24.3 Å². The molecule has 4 rings (SSSR count). The normalized spacial score (nSPS) is 14.1. The van der Waals surface area contributed by atoms with Gasteiger partial charge in [-0.3, -0.25) is 9.69 Å². The molecule has 0 spiro atoms. The Kier molecular flexibility index (Phi) is 7.14. The van der Waals surface area contributed by atoms with Crippen molar-refractivity contribution in [2.45, 2.75) is 26.3 Å². The number of hydrogen-bond donors (Lipinski definition) is 1. The molecule has 3 amide bonds. The zero-order valence-electron chi connectivity index (χ0n) is 19.3. The molecule has 0 bridgehead atoms. The van der Waals surface area contributed by atoms with Gasteiger partial charge in [0, 0.05) is 25.2 Å². The number of nitrogens with one attached hydrogen (secondary N) is 1. The van der Waals surface area contributed by atoms with Crippen LogP contribution in [0, 0.1) is 12.7 Å². The summed E-state index contributed by atoms with van der Waals surface area (Å²) in [5.74, 6) is -1.43. The van der Waals surface area contributed by atoms with E-state index in [-0.39, 0.29) is 23.9 Å². The van der Waals surface area contributed by atoms with Crippen LogP contribution in [0.25, 0.3) is 0 Å². The van der Waals surface area contributed by atoms with Crippen LogP contribution in [0.4, 0.5) is 33.7 Å². The van der Waals surface area contributed by atoms with Crippen molar-refractivity contribution in [2.24, 2.45) is 0 Å². The monoisotopic (exact) mass is 501 g/mol. The predicted octanol–water partition coefficient (Wildman–Crippen LogP) is 6.12. The van der Waals surface area contributed by atoms with Gasteiger partial charge in [-0.2, -0.15) is 0 Å². The van der Waals surface area contributed by atoms with Crippen LogP contribution >= 0.6 is 0 Å². The smallest absolute Gasteiger partial charge is 0.406 e. The number of rotatable bonds is 6. The Labute approximate surface area is 205 Å². The van der Waals surface area contributed by atoms with Crippen molar-refractivity contribution < 1.29 is 31.9 Å². The lowest BCUT2D eigenvalue weighted by molar-refractivity contribution is -0.274. The second-order valence-corrected chi connectivity index (χ2v) is 8.39. The molecular weight excluding hydrogens is 478 g/mol. The minimum atomic E-state index is -4.81. The summed E-state index contributed by atoms with van der Waals surface area (Å²) in [7, 11) is 0. The van der Waals surface area contributed by atoms with Gasteiger partial charge >= 0.3 is 12.4 Å². The topological polar surface area (TPSA) is 61.9 Å². The number of nitrogens with zero attached hydrogens (tertiary/aromatic N) is 2. The molecule has 0 radical (unpaired) electrons. The summed E-state index contributed by atoms with van der Waals surface area (Å²) in [5.41, 5.74) is 2.32. The van der Waals surface area contributed by atoms with Gasteiger partial charge in [0.2, 0.25) is 0 Å². The van der Waals surface area contributed by atoms with E-state index in [4.69, 9.17) is 0 Å². The van der Waals surface area contributed by atoms with Gasteiger partial charge in [0.1, 0.15) is 11.6 Å². The van der Waals surface area contributed by atoms with Crippen LogP contribution in [0.15, 0.2) is 66.7 Å². The quantitative estimate of drug-likeness (QED) is 0.414. The molecule has 3 aromatic carbocycles. The lowest BCUT2D eigenvalue weighted by Gasteiger charge is -2.36. The first-order chi connectivity index (χ1) is 17.1. The van der Waals surface area contributed by atoms with Gasteiger partial charge < -0.3 is 15.0 Å². The molecule has 0 aliphatic carbocycles. The second-order valence-electron chi connectivity index (χ2n) is 8.39. The fraction of sp³-hybridized carbons (Fsp3) is 0.231. The fourth-order valence-corrected chi connectivity index (χ4v) is 4.02. The summed E-state index contributed by atoms with van der Waals surface area (Å²) in [6, 6.07) is 15.7. The minimum absolute atomic E-state index is 0.0846. The largest absolute Gasteiger partial charge is 0.573 e. The number of benzene rings is 3. The van der Waals surface area contributed by atoms with Crippen LogP contribution in [0.2, 0.25) is 0 Å². The molecule has 1 heterocycles. The van der Waals surface area contributed by atoms with Crippen molar-refractivity contribution in [3.05, 3.63) is 89.2 Å². The number of ether oxygens (including phenoxy) is 1.